The number of amides is 2. The molecule has 0 spiro atoms. The number of benzene rings is 1. The quantitative estimate of drug-likeness (QED) is 0.784. The van der Waals surface area contributed by atoms with E-state index in [4.69, 9.17) is 0 Å². The topological polar surface area (TPSA) is 99.3 Å². The summed E-state index contributed by atoms with van der Waals surface area (Å²) in [4.78, 5) is 21.5. The second-order valence-corrected chi connectivity index (χ2v) is 12.2. The maximum atomic E-state index is 12.9. The fraction of sp³-hybridized carbons (Fsp3) is 0.591. The van der Waals surface area contributed by atoms with Crippen molar-refractivity contribution in [1.29, 1.82) is 0 Å². The van der Waals surface area contributed by atoms with E-state index in [1.54, 1.807) is 12.1 Å². The third kappa shape index (κ3) is 2.85. The van der Waals surface area contributed by atoms with Gasteiger partial charge in [-0.1, -0.05) is 12.1 Å². The first-order valence-corrected chi connectivity index (χ1v) is 12.9. The monoisotopic (exact) mass is 441 g/mol. The van der Waals surface area contributed by atoms with E-state index in [1.807, 2.05) is 21.9 Å². The van der Waals surface area contributed by atoms with Gasteiger partial charge < -0.3 is 9.80 Å². The van der Waals surface area contributed by atoms with Crippen LogP contribution in [0.2, 0.25) is 0 Å². The zero-order chi connectivity index (χ0) is 21.4. The summed E-state index contributed by atoms with van der Waals surface area (Å²) < 4.78 is 23.4. The Morgan fingerprint density at radius 2 is 1.81 bits per heavy atom. The van der Waals surface area contributed by atoms with Gasteiger partial charge in [0.1, 0.15) is 12.2 Å². The summed E-state index contributed by atoms with van der Waals surface area (Å²) in [5, 5.41) is 6.85. The minimum atomic E-state index is -3.15. The van der Waals surface area contributed by atoms with Gasteiger partial charge >= 0.3 is 6.03 Å². The number of aromatic nitrogens is 3. The second-order valence-electron chi connectivity index (χ2n) is 10.2. The van der Waals surface area contributed by atoms with Gasteiger partial charge in [0.05, 0.1) is 4.90 Å². The lowest BCUT2D eigenvalue weighted by Crippen LogP contribution is -2.73. The van der Waals surface area contributed by atoms with Crippen molar-refractivity contribution in [1.82, 2.24) is 25.0 Å². The van der Waals surface area contributed by atoms with Crippen LogP contribution in [0.1, 0.15) is 43.0 Å². The van der Waals surface area contributed by atoms with Crippen molar-refractivity contribution in [2.75, 3.05) is 32.4 Å². The van der Waals surface area contributed by atoms with E-state index in [-0.39, 0.29) is 17.4 Å². The molecule has 164 valence electrons. The molecule has 5 aliphatic rings. The van der Waals surface area contributed by atoms with Gasteiger partial charge in [0, 0.05) is 38.4 Å². The van der Waals surface area contributed by atoms with Gasteiger partial charge in [-0.2, -0.15) is 5.10 Å². The van der Waals surface area contributed by atoms with Gasteiger partial charge in [-0.15, -0.1) is 0 Å². The highest BCUT2D eigenvalue weighted by Gasteiger charge is 2.72. The van der Waals surface area contributed by atoms with Crippen molar-refractivity contribution in [2.24, 2.45) is 11.3 Å². The van der Waals surface area contributed by atoms with E-state index in [1.165, 1.54) is 37.4 Å². The standard InChI is InChI=1S/C22H27N5O3S/c1-31(29,30)18-4-2-16(3-5-18)21-11-22(12-21,13-21)17-9-27(10-17)20(28)26-7-6-15(8-26)19-23-14-24-25-19/h2-5,14-15,17H,6-13H2,1H3,(H,23,24,25)/t15-,21?,22?/m0/s1. The van der Waals surface area contributed by atoms with Crippen molar-refractivity contribution in [3.05, 3.63) is 42.0 Å². The Balaban J connectivity index is 1.02. The number of nitrogens with zero attached hydrogens (tertiary/aromatic N) is 4. The predicted molar refractivity (Wildman–Crippen MR) is 113 cm³/mol. The Morgan fingerprint density at radius 3 is 2.42 bits per heavy atom. The number of likely N-dealkylation sites (tertiary alicyclic amines) is 2. The highest BCUT2D eigenvalue weighted by molar-refractivity contribution is 7.90. The van der Waals surface area contributed by atoms with Crippen LogP contribution in [0.3, 0.4) is 0 Å². The van der Waals surface area contributed by atoms with Crippen LogP contribution < -0.4 is 0 Å². The number of nitrogens with one attached hydrogen (secondary N) is 1. The van der Waals surface area contributed by atoms with Crippen molar-refractivity contribution >= 4 is 15.9 Å². The second kappa shape index (κ2) is 6.31. The minimum absolute atomic E-state index is 0.163. The summed E-state index contributed by atoms with van der Waals surface area (Å²) in [7, 11) is -3.15. The molecule has 3 saturated carbocycles. The Hall–Kier alpha value is -2.42. The van der Waals surface area contributed by atoms with Gasteiger partial charge in [0.25, 0.3) is 0 Å². The maximum absolute atomic E-state index is 12.9. The number of H-pyrrole nitrogens is 1. The molecular weight excluding hydrogens is 414 g/mol. The summed E-state index contributed by atoms with van der Waals surface area (Å²) in [6.07, 6.45) is 7.21. The normalized spacial score (nSPS) is 32.4. The number of urea groups is 1. The van der Waals surface area contributed by atoms with Crippen LogP contribution in [0.4, 0.5) is 4.79 Å². The van der Waals surface area contributed by atoms with E-state index in [9.17, 15) is 13.2 Å². The Kier molecular flexibility index (Phi) is 3.92. The highest BCUT2D eigenvalue weighted by Crippen LogP contribution is 2.77. The highest BCUT2D eigenvalue weighted by atomic mass is 32.2. The molecule has 1 atom stereocenters. The number of hydrogen-bond donors (Lipinski definition) is 1. The molecule has 2 aromatic rings. The molecule has 8 nitrogen and oxygen atoms in total. The van der Waals surface area contributed by atoms with Crippen molar-refractivity contribution in [3.8, 4) is 0 Å². The van der Waals surface area contributed by atoms with Gasteiger partial charge in [-0.05, 0) is 60.1 Å². The number of carbonyl (C=O) groups is 1. The van der Waals surface area contributed by atoms with E-state index >= 15 is 0 Å². The molecule has 5 fully saturated rings. The van der Waals surface area contributed by atoms with Crippen LogP contribution in [-0.4, -0.2) is 71.9 Å². The van der Waals surface area contributed by atoms with E-state index in [2.05, 4.69) is 15.2 Å². The van der Waals surface area contributed by atoms with Crippen molar-refractivity contribution in [2.45, 2.75) is 41.9 Å². The molecule has 3 heterocycles. The maximum Gasteiger partial charge on any atom is 0.320 e. The van der Waals surface area contributed by atoms with Gasteiger partial charge in [-0.25, -0.2) is 18.2 Å². The van der Waals surface area contributed by atoms with Crippen molar-refractivity contribution < 1.29 is 13.2 Å². The molecule has 7 rings (SSSR count). The fourth-order valence-corrected chi connectivity index (χ4v) is 7.08. The number of aromatic amines is 1. The molecule has 9 heteroatoms. The third-order valence-corrected chi connectivity index (χ3v) is 9.39. The Bertz CT molecular complexity index is 1100. The van der Waals surface area contributed by atoms with Crippen LogP contribution in [0.5, 0.6) is 0 Å². The molecule has 2 saturated heterocycles. The van der Waals surface area contributed by atoms with E-state index < -0.39 is 9.84 Å². The smallest absolute Gasteiger partial charge is 0.320 e. The number of hydrogen-bond acceptors (Lipinski definition) is 5. The van der Waals surface area contributed by atoms with Crippen LogP contribution in [0.15, 0.2) is 35.5 Å². The molecule has 0 radical (unpaired) electrons. The third-order valence-electron chi connectivity index (χ3n) is 8.26. The summed E-state index contributed by atoms with van der Waals surface area (Å²) in [6.45, 7) is 3.23. The Morgan fingerprint density at radius 1 is 1.10 bits per heavy atom. The van der Waals surface area contributed by atoms with Gasteiger partial charge in [0.2, 0.25) is 0 Å². The minimum Gasteiger partial charge on any atom is -0.324 e. The van der Waals surface area contributed by atoms with Gasteiger partial charge in [-0.3, -0.25) is 5.10 Å². The average Bonchev–Trinajstić information content (AvgIpc) is 3.31. The van der Waals surface area contributed by atoms with Crippen LogP contribution in [0.25, 0.3) is 0 Å². The fourth-order valence-electron chi connectivity index (χ4n) is 6.45. The predicted octanol–water partition coefficient (Wildman–Crippen LogP) is 2.17. The largest absolute Gasteiger partial charge is 0.324 e. The van der Waals surface area contributed by atoms with Crippen LogP contribution in [-0.2, 0) is 15.3 Å². The molecule has 0 unspecified atom stereocenters. The van der Waals surface area contributed by atoms with Crippen LogP contribution in [0, 0.1) is 11.3 Å². The zero-order valence-electron chi connectivity index (χ0n) is 17.6. The lowest BCUT2D eigenvalue weighted by Gasteiger charge is -2.76. The number of carbonyl (C=O) groups excluding carboxylic acids is 1. The summed E-state index contributed by atoms with van der Waals surface area (Å²) in [5.74, 6) is 1.73. The molecule has 2 amide bonds. The number of sulfone groups is 1. The first-order chi connectivity index (χ1) is 14.8. The average molecular weight is 442 g/mol. The summed E-state index contributed by atoms with van der Waals surface area (Å²) >= 11 is 0. The molecule has 31 heavy (non-hydrogen) atoms. The molecule has 2 aliphatic heterocycles. The van der Waals surface area contributed by atoms with Crippen LogP contribution >= 0.6 is 0 Å². The molecule has 2 bridgehead atoms. The first-order valence-electron chi connectivity index (χ1n) is 11.0. The zero-order valence-corrected chi connectivity index (χ0v) is 18.4. The SMILES string of the molecule is CS(=O)(=O)c1ccc(C23CC(C4CN(C(=O)N5CC[C@H](c6ncn[nH]6)C5)C4)(C2)C3)cc1. The Labute approximate surface area is 181 Å². The van der Waals surface area contributed by atoms with Crippen molar-refractivity contribution in [3.63, 3.8) is 0 Å². The van der Waals surface area contributed by atoms with Gasteiger partial charge in [0.15, 0.2) is 9.84 Å². The summed E-state index contributed by atoms with van der Waals surface area (Å²) in [6, 6.07) is 7.63. The lowest BCUT2D eigenvalue weighted by molar-refractivity contribution is -0.206. The molecule has 3 aliphatic carbocycles. The molecule has 1 N–H and O–H groups in total. The molecule has 1 aromatic heterocycles. The molecular formula is C22H27N5O3S. The first kappa shape index (κ1) is 19.3. The van der Waals surface area contributed by atoms with E-state index in [0.29, 0.717) is 22.8 Å². The lowest BCUT2D eigenvalue weighted by atomic mass is 9.30. The summed E-state index contributed by atoms with van der Waals surface area (Å²) in [5.41, 5.74) is 1.89. The number of rotatable bonds is 4. The molecule has 1 aromatic carbocycles. The van der Waals surface area contributed by atoms with E-state index in [0.717, 1.165) is 31.9 Å².